The van der Waals surface area contributed by atoms with Crippen molar-refractivity contribution in [2.24, 2.45) is 0 Å². The second-order valence-electron chi connectivity index (χ2n) is 3.23. The first-order valence-corrected chi connectivity index (χ1v) is 4.50. The summed E-state index contributed by atoms with van der Waals surface area (Å²) in [5.41, 5.74) is 0. The third-order valence-corrected chi connectivity index (χ3v) is 2.21. The van der Waals surface area contributed by atoms with Crippen molar-refractivity contribution >= 4 is 11.7 Å². The Balaban J connectivity index is 2.08. The van der Waals surface area contributed by atoms with Crippen molar-refractivity contribution in [3.63, 3.8) is 0 Å². The van der Waals surface area contributed by atoms with Gasteiger partial charge in [0.15, 0.2) is 5.82 Å². The monoisotopic (exact) mass is 195 g/mol. The zero-order chi connectivity index (χ0) is 9.97. The molecule has 0 saturated carbocycles. The van der Waals surface area contributed by atoms with E-state index in [0.717, 1.165) is 12.4 Å². The number of carbonyl (C=O) groups is 1. The van der Waals surface area contributed by atoms with Crippen molar-refractivity contribution in [3.05, 3.63) is 18.2 Å². The summed E-state index contributed by atoms with van der Waals surface area (Å²) in [7, 11) is 0. The number of piperidine rings is 1. The van der Waals surface area contributed by atoms with Gasteiger partial charge in [-0.05, 0) is 0 Å². The molecule has 2 rings (SSSR count). The Morgan fingerprint density at radius 3 is 2.36 bits per heavy atom. The van der Waals surface area contributed by atoms with Gasteiger partial charge in [0, 0.05) is 25.9 Å². The average Bonchev–Trinajstić information content (AvgIpc) is 2.21. The van der Waals surface area contributed by atoms with Crippen molar-refractivity contribution in [1.82, 2.24) is 9.97 Å². The Labute approximate surface area is 80.8 Å². The highest BCUT2D eigenvalue weighted by Crippen LogP contribution is 2.12. The summed E-state index contributed by atoms with van der Waals surface area (Å²) in [6.45, 7) is 1.26. The smallest absolute Gasteiger partial charge is 0.225 e. The molecule has 0 spiro atoms. The molecule has 4 nitrogen and oxygen atoms in total. The molecule has 14 heavy (non-hydrogen) atoms. The van der Waals surface area contributed by atoms with Crippen molar-refractivity contribution < 1.29 is 9.18 Å². The van der Waals surface area contributed by atoms with E-state index >= 15 is 0 Å². The van der Waals surface area contributed by atoms with E-state index in [1.165, 1.54) is 0 Å². The van der Waals surface area contributed by atoms with Crippen LogP contribution in [-0.4, -0.2) is 28.8 Å². The molecule has 0 amide bonds. The summed E-state index contributed by atoms with van der Waals surface area (Å²) in [5, 5.41) is 0. The van der Waals surface area contributed by atoms with Crippen molar-refractivity contribution in [1.29, 1.82) is 0 Å². The Kier molecular flexibility index (Phi) is 2.39. The van der Waals surface area contributed by atoms with Crippen LogP contribution in [0.2, 0.25) is 0 Å². The number of rotatable bonds is 1. The highest BCUT2D eigenvalue weighted by Gasteiger charge is 2.17. The Morgan fingerprint density at radius 2 is 1.79 bits per heavy atom. The van der Waals surface area contributed by atoms with Gasteiger partial charge in [-0.1, -0.05) is 0 Å². The van der Waals surface area contributed by atoms with Gasteiger partial charge >= 0.3 is 0 Å². The zero-order valence-electron chi connectivity index (χ0n) is 7.61. The van der Waals surface area contributed by atoms with Gasteiger partial charge in [0.2, 0.25) is 5.95 Å². The molecule has 74 valence electrons. The number of ketones is 1. The largest absolute Gasteiger partial charge is 0.340 e. The van der Waals surface area contributed by atoms with Gasteiger partial charge in [0.25, 0.3) is 0 Å². The summed E-state index contributed by atoms with van der Waals surface area (Å²) in [6, 6.07) is 0. The lowest BCUT2D eigenvalue weighted by atomic mass is 10.1. The Morgan fingerprint density at radius 1 is 1.21 bits per heavy atom. The van der Waals surface area contributed by atoms with Crippen molar-refractivity contribution in [2.75, 3.05) is 18.0 Å². The summed E-state index contributed by atoms with van der Waals surface area (Å²) in [6.07, 6.45) is 3.33. The second-order valence-corrected chi connectivity index (χ2v) is 3.23. The molecular formula is C9H10FN3O. The average molecular weight is 195 g/mol. The highest BCUT2D eigenvalue weighted by atomic mass is 19.1. The van der Waals surface area contributed by atoms with Crippen LogP contribution in [0.4, 0.5) is 10.3 Å². The van der Waals surface area contributed by atoms with Crippen LogP contribution in [-0.2, 0) is 4.79 Å². The molecule has 0 radical (unpaired) electrons. The minimum Gasteiger partial charge on any atom is -0.340 e. The fraction of sp³-hybridized carbons (Fsp3) is 0.444. The molecule has 2 heterocycles. The molecule has 1 aromatic rings. The van der Waals surface area contributed by atoms with E-state index in [9.17, 15) is 9.18 Å². The number of halogens is 1. The van der Waals surface area contributed by atoms with Gasteiger partial charge in [-0.25, -0.2) is 14.4 Å². The summed E-state index contributed by atoms with van der Waals surface area (Å²) >= 11 is 0. The number of hydrogen-bond donors (Lipinski definition) is 0. The van der Waals surface area contributed by atoms with Gasteiger partial charge < -0.3 is 4.90 Å². The maximum Gasteiger partial charge on any atom is 0.225 e. The van der Waals surface area contributed by atoms with E-state index in [1.54, 1.807) is 0 Å². The first-order valence-electron chi connectivity index (χ1n) is 4.50. The van der Waals surface area contributed by atoms with Crippen molar-refractivity contribution in [2.45, 2.75) is 12.8 Å². The molecule has 1 aromatic heterocycles. The fourth-order valence-corrected chi connectivity index (χ4v) is 1.42. The number of anilines is 1. The molecule has 1 saturated heterocycles. The lowest BCUT2D eigenvalue weighted by molar-refractivity contribution is -0.119. The molecule has 0 aliphatic carbocycles. The fourth-order valence-electron chi connectivity index (χ4n) is 1.42. The van der Waals surface area contributed by atoms with Gasteiger partial charge in [0.05, 0.1) is 12.4 Å². The number of carbonyl (C=O) groups excluding carboxylic acids is 1. The first-order chi connectivity index (χ1) is 6.75. The van der Waals surface area contributed by atoms with Crippen LogP contribution in [0, 0.1) is 5.82 Å². The van der Waals surface area contributed by atoms with Crippen LogP contribution in [0.3, 0.4) is 0 Å². The number of Topliss-reactive ketones (excluding diaryl/α,β-unsaturated/α-hetero) is 1. The van der Waals surface area contributed by atoms with E-state index in [0.29, 0.717) is 31.9 Å². The molecule has 1 aliphatic rings. The third kappa shape index (κ3) is 1.86. The molecule has 0 bridgehead atoms. The predicted molar refractivity (Wildman–Crippen MR) is 48.4 cm³/mol. The van der Waals surface area contributed by atoms with E-state index in [4.69, 9.17) is 0 Å². The van der Waals surface area contributed by atoms with Gasteiger partial charge in [0.1, 0.15) is 5.78 Å². The second kappa shape index (κ2) is 3.69. The Hall–Kier alpha value is -1.52. The van der Waals surface area contributed by atoms with Gasteiger partial charge in [-0.2, -0.15) is 0 Å². The summed E-state index contributed by atoms with van der Waals surface area (Å²) < 4.78 is 12.5. The SMILES string of the molecule is O=C1CCN(c2ncc(F)cn2)CC1. The molecule has 5 heteroatoms. The van der Waals surface area contributed by atoms with Crippen LogP contribution >= 0.6 is 0 Å². The maximum atomic E-state index is 12.5. The predicted octanol–water partition coefficient (Wildman–Crippen LogP) is 0.785. The first kappa shape index (κ1) is 9.05. The van der Waals surface area contributed by atoms with Gasteiger partial charge in [-0.15, -0.1) is 0 Å². The lowest BCUT2D eigenvalue weighted by Crippen LogP contribution is -2.34. The third-order valence-electron chi connectivity index (χ3n) is 2.21. The molecule has 0 atom stereocenters. The standard InChI is InChI=1S/C9H10FN3O/c10-7-5-11-9(12-6-7)13-3-1-8(14)2-4-13/h5-6H,1-4H2. The Bertz CT molecular complexity index is 328. The quantitative estimate of drug-likeness (QED) is 0.664. The van der Waals surface area contributed by atoms with E-state index in [-0.39, 0.29) is 5.78 Å². The minimum atomic E-state index is -0.443. The van der Waals surface area contributed by atoms with Crippen LogP contribution in [0.1, 0.15) is 12.8 Å². The topological polar surface area (TPSA) is 46.1 Å². The summed E-state index contributed by atoms with van der Waals surface area (Å²) in [4.78, 5) is 20.6. The lowest BCUT2D eigenvalue weighted by Gasteiger charge is -2.25. The molecule has 1 aliphatic heterocycles. The number of aromatic nitrogens is 2. The maximum absolute atomic E-state index is 12.5. The number of hydrogen-bond acceptors (Lipinski definition) is 4. The van der Waals surface area contributed by atoms with Crippen LogP contribution in [0.15, 0.2) is 12.4 Å². The van der Waals surface area contributed by atoms with Crippen molar-refractivity contribution in [3.8, 4) is 0 Å². The minimum absolute atomic E-state index is 0.267. The number of nitrogens with zero attached hydrogens (tertiary/aromatic N) is 3. The normalized spacial score (nSPS) is 17.2. The highest BCUT2D eigenvalue weighted by molar-refractivity contribution is 5.80. The van der Waals surface area contributed by atoms with E-state index in [2.05, 4.69) is 9.97 Å². The van der Waals surface area contributed by atoms with Crippen LogP contribution in [0.5, 0.6) is 0 Å². The molecule has 1 fully saturated rings. The van der Waals surface area contributed by atoms with E-state index < -0.39 is 5.82 Å². The van der Waals surface area contributed by atoms with E-state index in [1.807, 2.05) is 4.90 Å². The molecule has 0 unspecified atom stereocenters. The molecule has 0 N–H and O–H groups in total. The zero-order valence-corrected chi connectivity index (χ0v) is 7.61. The summed E-state index contributed by atoms with van der Waals surface area (Å²) in [5.74, 6) is 0.323. The van der Waals surface area contributed by atoms with Crippen LogP contribution < -0.4 is 4.90 Å². The molecular weight excluding hydrogens is 185 g/mol. The van der Waals surface area contributed by atoms with Crippen LogP contribution in [0.25, 0.3) is 0 Å². The molecule has 0 aromatic carbocycles. The van der Waals surface area contributed by atoms with Gasteiger partial charge in [-0.3, -0.25) is 4.79 Å².